The largest absolute Gasteiger partial charge is 0.330 e. The van der Waals surface area contributed by atoms with E-state index in [2.05, 4.69) is 9.97 Å². The summed E-state index contributed by atoms with van der Waals surface area (Å²) in [4.78, 5) is 7.06. The zero-order valence-corrected chi connectivity index (χ0v) is 9.69. The van der Waals surface area contributed by atoms with Crippen LogP contribution in [0.3, 0.4) is 0 Å². The quantitative estimate of drug-likeness (QED) is 0.764. The van der Waals surface area contributed by atoms with E-state index in [0.717, 1.165) is 16.8 Å². The van der Waals surface area contributed by atoms with Crippen LogP contribution in [0.5, 0.6) is 0 Å². The van der Waals surface area contributed by atoms with Crippen LogP contribution < -0.4 is 0 Å². The molecule has 1 heterocycles. The zero-order chi connectivity index (χ0) is 10.8. The molecule has 0 saturated carbocycles. The molecule has 2 aromatic rings. The van der Waals surface area contributed by atoms with E-state index in [1.165, 1.54) is 0 Å². The van der Waals surface area contributed by atoms with Crippen molar-refractivity contribution in [2.75, 3.05) is 0 Å². The Morgan fingerprint density at radius 2 is 2.07 bits per heavy atom. The number of benzene rings is 1. The van der Waals surface area contributed by atoms with Gasteiger partial charge in [-0.2, -0.15) is 0 Å². The Bertz CT molecular complexity index is 548. The van der Waals surface area contributed by atoms with E-state index in [4.69, 9.17) is 23.8 Å². The van der Waals surface area contributed by atoms with E-state index >= 15 is 0 Å². The molecule has 0 radical (unpaired) electrons. The summed E-state index contributed by atoms with van der Waals surface area (Å²) < 4.78 is 0.468. The fourth-order valence-electron chi connectivity index (χ4n) is 1.40. The molecule has 0 amide bonds. The average Bonchev–Trinajstić information content (AvgIpc) is 2.23. The van der Waals surface area contributed by atoms with Crippen molar-refractivity contribution in [3.8, 4) is 11.3 Å². The Morgan fingerprint density at radius 3 is 2.80 bits per heavy atom. The molecule has 0 unspecified atom stereocenters. The minimum absolute atomic E-state index is 0.468. The van der Waals surface area contributed by atoms with Crippen LogP contribution in [-0.4, -0.2) is 9.97 Å². The topological polar surface area (TPSA) is 28.7 Å². The van der Waals surface area contributed by atoms with Crippen LogP contribution in [-0.2, 0) is 0 Å². The third-order valence-corrected chi connectivity index (χ3v) is 2.68. The highest BCUT2D eigenvalue weighted by Crippen LogP contribution is 2.27. The zero-order valence-electron chi connectivity index (χ0n) is 8.12. The predicted molar refractivity (Wildman–Crippen MR) is 64.6 cm³/mol. The molecule has 2 nitrogen and oxygen atoms in total. The number of H-pyrrole nitrogens is 1. The second-order valence-electron chi connectivity index (χ2n) is 3.23. The number of rotatable bonds is 1. The fourth-order valence-corrected chi connectivity index (χ4v) is 1.79. The number of hydrogen-bond acceptors (Lipinski definition) is 2. The molecule has 0 spiro atoms. The standard InChI is InChI=1S/C11H9ClN2S/c1-7-6-13-11(15)14-10(7)8-4-2-3-5-9(8)12/h2-6H,1H3,(H,13,14,15). The molecule has 0 saturated heterocycles. The number of aromatic amines is 1. The van der Waals surface area contributed by atoms with Gasteiger partial charge in [-0.1, -0.05) is 29.8 Å². The van der Waals surface area contributed by atoms with Crippen molar-refractivity contribution in [2.24, 2.45) is 0 Å². The first-order chi connectivity index (χ1) is 7.18. The first-order valence-electron chi connectivity index (χ1n) is 4.49. The van der Waals surface area contributed by atoms with Crippen molar-refractivity contribution in [1.82, 2.24) is 9.97 Å². The van der Waals surface area contributed by atoms with Crippen LogP contribution in [0.15, 0.2) is 30.5 Å². The average molecular weight is 237 g/mol. The van der Waals surface area contributed by atoms with Crippen molar-refractivity contribution in [1.29, 1.82) is 0 Å². The summed E-state index contributed by atoms with van der Waals surface area (Å²) >= 11 is 11.1. The first kappa shape index (κ1) is 10.3. The Labute approximate surface area is 98.0 Å². The molecule has 1 aromatic heterocycles. The van der Waals surface area contributed by atoms with Gasteiger partial charge in [0.2, 0.25) is 0 Å². The summed E-state index contributed by atoms with van der Waals surface area (Å²) in [5.74, 6) is 0. The van der Waals surface area contributed by atoms with Gasteiger partial charge in [0, 0.05) is 16.8 Å². The van der Waals surface area contributed by atoms with Gasteiger partial charge in [0.15, 0.2) is 4.77 Å². The lowest BCUT2D eigenvalue weighted by molar-refractivity contribution is 1.11. The molecule has 0 bridgehead atoms. The molecule has 76 valence electrons. The molecule has 1 aromatic carbocycles. The smallest absolute Gasteiger partial charge is 0.197 e. The fraction of sp³-hybridized carbons (Fsp3) is 0.0909. The highest BCUT2D eigenvalue weighted by atomic mass is 35.5. The summed E-state index contributed by atoms with van der Waals surface area (Å²) in [7, 11) is 0. The summed E-state index contributed by atoms with van der Waals surface area (Å²) in [5, 5.41) is 0.706. The van der Waals surface area contributed by atoms with Crippen LogP contribution in [0.25, 0.3) is 11.3 Å². The van der Waals surface area contributed by atoms with Gasteiger partial charge in [0.25, 0.3) is 0 Å². The number of halogens is 1. The lowest BCUT2D eigenvalue weighted by Gasteiger charge is -2.06. The summed E-state index contributed by atoms with van der Waals surface area (Å²) in [6, 6.07) is 7.65. The van der Waals surface area contributed by atoms with Gasteiger partial charge in [-0.25, -0.2) is 4.98 Å². The Hall–Kier alpha value is -1.19. The molecule has 0 aliphatic heterocycles. The highest BCUT2D eigenvalue weighted by molar-refractivity contribution is 7.71. The minimum Gasteiger partial charge on any atom is -0.330 e. The van der Waals surface area contributed by atoms with Gasteiger partial charge in [0.1, 0.15) is 0 Å². The summed E-state index contributed by atoms with van der Waals surface area (Å²) in [5.41, 5.74) is 2.91. The summed E-state index contributed by atoms with van der Waals surface area (Å²) in [6.45, 7) is 1.97. The maximum Gasteiger partial charge on any atom is 0.197 e. The Kier molecular flexibility index (Phi) is 2.84. The number of nitrogens with zero attached hydrogens (tertiary/aromatic N) is 1. The third kappa shape index (κ3) is 2.08. The molecule has 0 atom stereocenters. The lowest BCUT2D eigenvalue weighted by atomic mass is 10.1. The van der Waals surface area contributed by atoms with E-state index in [1.807, 2.05) is 31.2 Å². The van der Waals surface area contributed by atoms with Crippen molar-refractivity contribution >= 4 is 23.8 Å². The van der Waals surface area contributed by atoms with Gasteiger partial charge >= 0.3 is 0 Å². The van der Waals surface area contributed by atoms with E-state index in [1.54, 1.807) is 6.20 Å². The number of aromatic nitrogens is 2. The normalized spacial score (nSPS) is 10.3. The summed E-state index contributed by atoms with van der Waals surface area (Å²) in [6.07, 6.45) is 1.75. The SMILES string of the molecule is Cc1cnc(=S)[nH]c1-c1ccccc1Cl. The van der Waals surface area contributed by atoms with Crippen molar-refractivity contribution in [3.05, 3.63) is 45.8 Å². The van der Waals surface area contributed by atoms with E-state index in [-0.39, 0.29) is 0 Å². The molecule has 2 rings (SSSR count). The second-order valence-corrected chi connectivity index (χ2v) is 4.02. The first-order valence-corrected chi connectivity index (χ1v) is 5.28. The molecule has 0 aliphatic carbocycles. The van der Waals surface area contributed by atoms with Crippen molar-refractivity contribution < 1.29 is 0 Å². The number of hydrogen-bond donors (Lipinski definition) is 1. The van der Waals surface area contributed by atoms with E-state index in [9.17, 15) is 0 Å². The molecule has 1 N–H and O–H groups in total. The van der Waals surface area contributed by atoms with Gasteiger partial charge in [-0.05, 0) is 30.8 Å². The van der Waals surface area contributed by atoms with Crippen LogP contribution in [0.4, 0.5) is 0 Å². The van der Waals surface area contributed by atoms with Gasteiger partial charge in [0.05, 0.1) is 5.69 Å². The third-order valence-electron chi connectivity index (χ3n) is 2.14. The van der Waals surface area contributed by atoms with Crippen molar-refractivity contribution in [3.63, 3.8) is 0 Å². The van der Waals surface area contributed by atoms with Gasteiger partial charge in [-0.3, -0.25) is 0 Å². The van der Waals surface area contributed by atoms with Crippen LogP contribution in [0.1, 0.15) is 5.56 Å². The molecule has 0 aliphatic rings. The Balaban J connectivity index is 2.69. The Morgan fingerprint density at radius 1 is 1.33 bits per heavy atom. The lowest BCUT2D eigenvalue weighted by Crippen LogP contribution is -1.91. The second kappa shape index (κ2) is 4.13. The molecule has 0 fully saturated rings. The van der Waals surface area contributed by atoms with Gasteiger partial charge in [-0.15, -0.1) is 0 Å². The van der Waals surface area contributed by atoms with Gasteiger partial charge < -0.3 is 4.98 Å². The number of aryl methyl sites for hydroxylation is 1. The van der Waals surface area contributed by atoms with Crippen LogP contribution in [0, 0.1) is 11.7 Å². The van der Waals surface area contributed by atoms with E-state index < -0.39 is 0 Å². The highest BCUT2D eigenvalue weighted by Gasteiger charge is 2.05. The van der Waals surface area contributed by atoms with Crippen molar-refractivity contribution in [2.45, 2.75) is 6.92 Å². The predicted octanol–water partition coefficient (Wildman–Crippen LogP) is 3.77. The molecular formula is C11H9ClN2S. The molecule has 15 heavy (non-hydrogen) atoms. The number of nitrogens with one attached hydrogen (secondary N) is 1. The molecular weight excluding hydrogens is 228 g/mol. The minimum atomic E-state index is 0.468. The molecule has 4 heteroatoms. The van der Waals surface area contributed by atoms with E-state index in [0.29, 0.717) is 9.79 Å². The monoisotopic (exact) mass is 236 g/mol. The maximum atomic E-state index is 6.11. The van der Waals surface area contributed by atoms with Crippen LogP contribution >= 0.6 is 23.8 Å². The van der Waals surface area contributed by atoms with Crippen LogP contribution in [0.2, 0.25) is 5.02 Å². The maximum absolute atomic E-state index is 6.11.